The molecule has 13 heavy (non-hydrogen) atoms. The summed E-state index contributed by atoms with van der Waals surface area (Å²) in [6.07, 6.45) is 0. The lowest BCUT2D eigenvalue weighted by Crippen LogP contribution is -1.93. The molecule has 0 fully saturated rings. The van der Waals surface area contributed by atoms with Gasteiger partial charge in [-0.05, 0) is 18.1 Å². The van der Waals surface area contributed by atoms with E-state index in [9.17, 15) is 4.79 Å². The standard InChI is InChI=1S/C10H7NO2/c1-6-8-5-13-10(12)7(8)3-4-9(6)11-2/h3-4H,5H2,1H3. The van der Waals surface area contributed by atoms with Crippen molar-refractivity contribution in [1.29, 1.82) is 0 Å². The molecule has 0 atom stereocenters. The summed E-state index contributed by atoms with van der Waals surface area (Å²) in [5, 5.41) is 0. The fourth-order valence-corrected chi connectivity index (χ4v) is 1.46. The first-order chi connectivity index (χ1) is 6.24. The Kier molecular flexibility index (Phi) is 1.56. The van der Waals surface area contributed by atoms with Gasteiger partial charge in [-0.2, -0.15) is 0 Å². The molecule has 2 rings (SSSR count). The monoisotopic (exact) mass is 173 g/mol. The molecular weight excluding hydrogens is 166 g/mol. The Balaban J connectivity index is 2.68. The Labute approximate surface area is 75.8 Å². The fourth-order valence-electron chi connectivity index (χ4n) is 1.46. The van der Waals surface area contributed by atoms with Gasteiger partial charge < -0.3 is 4.74 Å². The molecule has 0 radical (unpaired) electrons. The number of carbonyl (C=O) groups is 1. The van der Waals surface area contributed by atoms with E-state index in [0.29, 0.717) is 17.9 Å². The Morgan fingerprint density at radius 1 is 1.54 bits per heavy atom. The molecule has 0 unspecified atom stereocenters. The van der Waals surface area contributed by atoms with Gasteiger partial charge in [0.15, 0.2) is 5.69 Å². The summed E-state index contributed by atoms with van der Waals surface area (Å²) in [7, 11) is 0. The molecule has 1 aliphatic rings. The minimum atomic E-state index is -0.283. The zero-order valence-corrected chi connectivity index (χ0v) is 7.13. The lowest BCUT2D eigenvalue weighted by atomic mass is 10.0. The lowest BCUT2D eigenvalue weighted by molar-refractivity contribution is 0.0535. The van der Waals surface area contributed by atoms with Crippen molar-refractivity contribution in [2.24, 2.45) is 0 Å². The fraction of sp³-hybridized carbons (Fsp3) is 0.200. The van der Waals surface area contributed by atoms with E-state index in [0.717, 1.165) is 11.1 Å². The Morgan fingerprint density at radius 3 is 3.00 bits per heavy atom. The second kappa shape index (κ2) is 2.60. The molecule has 0 saturated heterocycles. The van der Waals surface area contributed by atoms with Crippen LogP contribution in [0.15, 0.2) is 12.1 Å². The first kappa shape index (κ1) is 7.81. The van der Waals surface area contributed by atoms with Crippen molar-refractivity contribution >= 4 is 11.7 Å². The number of rotatable bonds is 0. The van der Waals surface area contributed by atoms with Crippen LogP contribution in [0.5, 0.6) is 0 Å². The van der Waals surface area contributed by atoms with Gasteiger partial charge in [-0.3, -0.25) is 0 Å². The molecule has 0 saturated carbocycles. The zero-order valence-electron chi connectivity index (χ0n) is 7.13. The second-order valence-electron chi connectivity index (χ2n) is 2.92. The average Bonchev–Trinajstić information content (AvgIpc) is 2.50. The van der Waals surface area contributed by atoms with Crippen LogP contribution in [0.4, 0.5) is 5.69 Å². The van der Waals surface area contributed by atoms with Crippen molar-refractivity contribution in [3.05, 3.63) is 40.2 Å². The minimum absolute atomic E-state index is 0.283. The minimum Gasteiger partial charge on any atom is -0.457 e. The Bertz CT molecular complexity index is 429. The molecule has 0 spiro atoms. The molecular formula is C10H7NO2. The van der Waals surface area contributed by atoms with Gasteiger partial charge in [-0.1, -0.05) is 12.1 Å². The zero-order chi connectivity index (χ0) is 9.42. The van der Waals surface area contributed by atoms with Crippen molar-refractivity contribution in [3.8, 4) is 0 Å². The highest BCUT2D eigenvalue weighted by Gasteiger charge is 2.23. The number of carbonyl (C=O) groups excluding carboxylic acids is 1. The molecule has 0 amide bonds. The van der Waals surface area contributed by atoms with Crippen molar-refractivity contribution in [2.75, 3.05) is 0 Å². The topological polar surface area (TPSA) is 30.7 Å². The Morgan fingerprint density at radius 2 is 2.31 bits per heavy atom. The summed E-state index contributed by atoms with van der Waals surface area (Å²) in [4.78, 5) is 14.5. The van der Waals surface area contributed by atoms with Gasteiger partial charge >= 0.3 is 5.97 Å². The molecule has 3 nitrogen and oxygen atoms in total. The van der Waals surface area contributed by atoms with Crippen LogP contribution in [0.25, 0.3) is 4.85 Å². The first-order valence-electron chi connectivity index (χ1n) is 3.91. The molecule has 1 aromatic rings. The van der Waals surface area contributed by atoms with E-state index in [1.54, 1.807) is 12.1 Å². The maximum absolute atomic E-state index is 11.1. The number of fused-ring (bicyclic) bond motifs is 1. The van der Waals surface area contributed by atoms with Crippen molar-refractivity contribution in [2.45, 2.75) is 13.5 Å². The quantitative estimate of drug-likeness (QED) is 0.445. The van der Waals surface area contributed by atoms with Gasteiger partial charge in [0.05, 0.1) is 12.1 Å². The number of nitrogens with zero attached hydrogens (tertiary/aromatic N) is 1. The van der Waals surface area contributed by atoms with Crippen LogP contribution in [-0.4, -0.2) is 5.97 Å². The van der Waals surface area contributed by atoms with Gasteiger partial charge in [0.25, 0.3) is 0 Å². The summed E-state index contributed by atoms with van der Waals surface area (Å²) in [5.74, 6) is -0.283. The summed E-state index contributed by atoms with van der Waals surface area (Å²) < 4.78 is 4.86. The second-order valence-corrected chi connectivity index (χ2v) is 2.92. The summed E-state index contributed by atoms with van der Waals surface area (Å²) in [5.41, 5.74) is 2.92. The van der Waals surface area contributed by atoms with E-state index in [-0.39, 0.29) is 5.97 Å². The number of ether oxygens (including phenoxy) is 1. The van der Waals surface area contributed by atoms with Crippen LogP contribution in [0.3, 0.4) is 0 Å². The predicted octanol–water partition coefficient (Wildman–Crippen LogP) is 2.22. The number of hydrogen-bond donors (Lipinski definition) is 0. The number of benzene rings is 1. The third kappa shape index (κ3) is 0.994. The van der Waals surface area contributed by atoms with E-state index < -0.39 is 0 Å². The Hall–Kier alpha value is -1.82. The van der Waals surface area contributed by atoms with Crippen LogP contribution < -0.4 is 0 Å². The average molecular weight is 173 g/mol. The molecule has 1 aliphatic heterocycles. The molecule has 3 heteroatoms. The third-order valence-corrected chi connectivity index (χ3v) is 2.26. The molecule has 0 aliphatic carbocycles. The summed E-state index contributed by atoms with van der Waals surface area (Å²) >= 11 is 0. The van der Waals surface area contributed by atoms with E-state index in [1.807, 2.05) is 6.92 Å². The number of esters is 1. The molecule has 0 aromatic heterocycles. The van der Waals surface area contributed by atoms with Crippen molar-refractivity contribution in [3.63, 3.8) is 0 Å². The number of hydrogen-bond acceptors (Lipinski definition) is 2. The van der Waals surface area contributed by atoms with Gasteiger partial charge in [0.2, 0.25) is 0 Å². The van der Waals surface area contributed by atoms with Crippen LogP contribution in [0.1, 0.15) is 21.5 Å². The first-order valence-corrected chi connectivity index (χ1v) is 3.91. The largest absolute Gasteiger partial charge is 0.457 e. The molecule has 0 N–H and O–H groups in total. The normalized spacial score (nSPS) is 13.4. The molecule has 64 valence electrons. The van der Waals surface area contributed by atoms with Gasteiger partial charge in [-0.15, -0.1) is 0 Å². The van der Waals surface area contributed by atoms with Crippen LogP contribution in [0.2, 0.25) is 0 Å². The van der Waals surface area contributed by atoms with E-state index >= 15 is 0 Å². The highest BCUT2D eigenvalue weighted by molar-refractivity contribution is 5.94. The highest BCUT2D eigenvalue weighted by atomic mass is 16.5. The maximum Gasteiger partial charge on any atom is 0.338 e. The molecule has 1 aromatic carbocycles. The van der Waals surface area contributed by atoms with Crippen molar-refractivity contribution < 1.29 is 9.53 Å². The maximum atomic E-state index is 11.1. The van der Waals surface area contributed by atoms with Gasteiger partial charge in [0.1, 0.15) is 6.61 Å². The highest BCUT2D eigenvalue weighted by Crippen LogP contribution is 2.29. The predicted molar refractivity (Wildman–Crippen MR) is 46.6 cm³/mol. The van der Waals surface area contributed by atoms with Crippen LogP contribution in [-0.2, 0) is 11.3 Å². The molecule has 0 bridgehead atoms. The third-order valence-electron chi connectivity index (χ3n) is 2.26. The van der Waals surface area contributed by atoms with Gasteiger partial charge in [0, 0.05) is 0 Å². The summed E-state index contributed by atoms with van der Waals surface area (Å²) in [6.45, 7) is 9.05. The van der Waals surface area contributed by atoms with E-state index in [4.69, 9.17) is 11.3 Å². The van der Waals surface area contributed by atoms with E-state index in [1.165, 1.54) is 0 Å². The lowest BCUT2D eigenvalue weighted by Gasteiger charge is -2.01. The molecule has 1 heterocycles. The summed E-state index contributed by atoms with van der Waals surface area (Å²) in [6, 6.07) is 3.32. The van der Waals surface area contributed by atoms with Crippen molar-refractivity contribution in [1.82, 2.24) is 0 Å². The van der Waals surface area contributed by atoms with Gasteiger partial charge in [-0.25, -0.2) is 9.64 Å². The smallest absolute Gasteiger partial charge is 0.338 e. The van der Waals surface area contributed by atoms with E-state index in [2.05, 4.69) is 4.85 Å². The number of cyclic esters (lactones) is 1. The van der Waals surface area contributed by atoms with Crippen LogP contribution >= 0.6 is 0 Å². The SMILES string of the molecule is [C-]#[N+]c1ccc2c(c1C)COC2=O. The van der Waals surface area contributed by atoms with Crippen LogP contribution in [0, 0.1) is 13.5 Å².